The zero-order chi connectivity index (χ0) is 22.9. The van der Waals surface area contributed by atoms with E-state index in [9.17, 15) is 13.2 Å². The number of aromatic nitrogens is 3. The molecule has 3 aromatic rings. The number of thiophene rings is 1. The predicted octanol–water partition coefficient (Wildman–Crippen LogP) is 3.63. The van der Waals surface area contributed by atoms with Gasteiger partial charge in [-0.1, -0.05) is 23.9 Å². The van der Waals surface area contributed by atoms with E-state index in [1.807, 2.05) is 18.4 Å². The van der Waals surface area contributed by atoms with E-state index in [1.54, 1.807) is 23.5 Å². The van der Waals surface area contributed by atoms with Crippen LogP contribution in [0.1, 0.15) is 36.5 Å². The Morgan fingerprint density at radius 1 is 1.28 bits per heavy atom. The third-order valence-corrected chi connectivity index (χ3v) is 8.84. The molecule has 1 aliphatic carbocycles. The van der Waals surface area contributed by atoms with E-state index in [0.717, 1.165) is 34.5 Å². The van der Waals surface area contributed by atoms with Gasteiger partial charge in [-0.15, -0.1) is 21.5 Å². The van der Waals surface area contributed by atoms with Gasteiger partial charge in [0.2, 0.25) is 15.9 Å². The number of hydrogen-bond acceptors (Lipinski definition) is 7. The van der Waals surface area contributed by atoms with Gasteiger partial charge in [0.25, 0.3) is 0 Å². The van der Waals surface area contributed by atoms with Crippen LogP contribution in [0, 0.1) is 0 Å². The third-order valence-electron chi connectivity index (χ3n) is 5.09. The molecule has 170 valence electrons. The van der Waals surface area contributed by atoms with Crippen LogP contribution in [0.5, 0.6) is 0 Å². The molecule has 32 heavy (non-hydrogen) atoms. The van der Waals surface area contributed by atoms with Gasteiger partial charge in [0.15, 0.2) is 5.16 Å². The van der Waals surface area contributed by atoms with E-state index in [-0.39, 0.29) is 10.8 Å². The fraction of sp³-hybridized carbons (Fsp3) is 0.381. The minimum Gasteiger partial charge on any atom is -0.325 e. The van der Waals surface area contributed by atoms with Crippen molar-refractivity contribution in [3.05, 3.63) is 52.5 Å². The zero-order valence-corrected chi connectivity index (χ0v) is 20.5. The van der Waals surface area contributed by atoms with Crippen molar-refractivity contribution in [1.82, 2.24) is 19.1 Å². The average Bonchev–Trinajstić information content (AvgIpc) is 3.31. The molecule has 2 aromatic heterocycles. The van der Waals surface area contributed by atoms with Crippen molar-refractivity contribution < 1.29 is 13.2 Å². The fourth-order valence-electron chi connectivity index (χ4n) is 3.18. The monoisotopic (exact) mass is 491 g/mol. The van der Waals surface area contributed by atoms with Gasteiger partial charge in [-0.2, -0.15) is 0 Å². The molecular formula is C21H25N5O3S3. The second kappa shape index (κ2) is 9.34. The number of carbonyl (C=O) groups excluding carboxylic acids is 1. The van der Waals surface area contributed by atoms with Crippen LogP contribution in [0.4, 0.5) is 5.69 Å². The standard InChI is InChI=1S/C21H25N5O3S3/c1-14(20(27)22-15-6-4-8-18(12-15)32(28,29)25(2)3)31-21-24-23-19(26(21)16-9-10-16)13-17-7-5-11-30-17/h4-8,11-12,14,16H,9-10,13H2,1-3H3,(H,22,27)/t14-/m1/s1. The minimum absolute atomic E-state index is 0.132. The molecule has 1 aliphatic rings. The molecular weight excluding hydrogens is 466 g/mol. The number of thioether (sulfide) groups is 1. The Balaban J connectivity index is 1.46. The molecule has 2 heterocycles. The van der Waals surface area contributed by atoms with Crippen LogP contribution in [0.15, 0.2) is 51.8 Å². The van der Waals surface area contributed by atoms with Crippen molar-refractivity contribution in [3.8, 4) is 0 Å². The first-order valence-electron chi connectivity index (χ1n) is 10.2. The smallest absolute Gasteiger partial charge is 0.242 e. The Bertz CT molecular complexity index is 1200. The van der Waals surface area contributed by atoms with Gasteiger partial charge in [-0.25, -0.2) is 12.7 Å². The summed E-state index contributed by atoms with van der Waals surface area (Å²) >= 11 is 3.06. The summed E-state index contributed by atoms with van der Waals surface area (Å²) in [5.41, 5.74) is 0.437. The summed E-state index contributed by atoms with van der Waals surface area (Å²) in [6.07, 6.45) is 2.92. The molecule has 0 bridgehead atoms. The van der Waals surface area contributed by atoms with Crippen molar-refractivity contribution in [2.24, 2.45) is 0 Å². The molecule has 1 aromatic carbocycles. The molecule has 0 aliphatic heterocycles. The van der Waals surface area contributed by atoms with Crippen molar-refractivity contribution >= 4 is 44.7 Å². The van der Waals surface area contributed by atoms with Crippen LogP contribution in [0.3, 0.4) is 0 Å². The summed E-state index contributed by atoms with van der Waals surface area (Å²) in [4.78, 5) is 14.2. The lowest BCUT2D eigenvalue weighted by Crippen LogP contribution is -2.24. The average molecular weight is 492 g/mol. The van der Waals surface area contributed by atoms with Gasteiger partial charge < -0.3 is 9.88 Å². The fourth-order valence-corrected chi connectivity index (χ4v) is 5.77. The number of carbonyl (C=O) groups is 1. The van der Waals surface area contributed by atoms with Crippen LogP contribution in [-0.2, 0) is 21.2 Å². The van der Waals surface area contributed by atoms with Crippen LogP contribution >= 0.6 is 23.1 Å². The van der Waals surface area contributed by atoms with E-state index >= 15 is 0 Å². The van der Waals surface area contributed by atoms with E-state index in [2.05, 4.69) is 26.1 Å². The lowest BCUT2D eigenvalue weighted by Gasteiger charge is -2.15. The van der Waals surface area contributed by atoms with Gasteiger partial charge >= 0.3 is 0 Å². The van der Waals surface area contributed by atoms with E-state index in [4.69, 9.17) is 0 Å². The Kier molecular flexibility index (Phi) is 6.70. The Morgan fingerprint density at radius 2 is 2.06 bits per heavy atom. The van der Waals surface area contributed by atoms with E-state index in [0.29, 0.717) is 11.7 Å². The number of hydrogen-bond donors (Lipinski definition) is 1. The summed E-state index contributed by atoms with van der Waals surface area (Å²) in [5.74, 6) is 0.700. The van der Waals surface area contributed by atoms with Gasteiger partial charge in [-0.3, -0.25) is 4.79 Å². The van der Waals surface area contributed by atoms with Crippen molar-refractivity contribution in [2.45, 2.75) is 47.5 Å². The number of amides is 1. The number of benzene rings is 1. The highest BCUT2D eigenvalue weighted by molar-refractivity contribution is 8.00. The first-order valence-corrected chi connectivity index (χ1v) is 13.4. The predicted molar refractivity (Wildman–Crippen MR) is 127 cm³/mol. The van der Waals surface area contributed by atoms with Crippen LogP contribution in [0.2, 0.25) is 0 Å². The summed E-state index contributed by atoms with van der Waals surface area (Å²) in [6, 6.07) is 10.8. The highest BCUT2D eigenvalue weighted by Gasteiger charge is 2.31. The molecule has 1 saturated carbocycles. The number of sulfonamides is 1. The summed E-state index contributed by atoms with van der Waals surface area (Å²) in [5, 5.41) is 14.0. The Morgan fingerprint density at radius 3 is 2.72 bits per heavy atom. The number of rotatable bonds is 9. The molecule has 8 nitrogen and oxygen atoms in total. The number of nitrogens with zero attached hydrogens (tertiary/aromatic N) is 4. The molecule has 0 radical (unpaired) electrons. The van der Waals surface area contributed by atoms with Crippen LogP contribution < -0.4 is 5.32 Å². The van der Waals surface area contributed by atoms with E-state index < -0.39 is 15.3 Å². The number of nitrogens with one attached hydrogen (secondary N) is 1. The van der Waals surface area contributed by atoms with Gasteiger partial charge in [0, 0.05) is 37.1 Å². The van der Waals surface area contributed by atoms with Crippen molar-refractivity contribution in [1.29, 1.82) is 0 Å². The van der Waals surface area contributed by atoms with Crippen LogP contribution in [0.25, 0.3) is 0 Å². The quantitative estimate of drug-likeness (QED) is 0.459. The topological polar surface area (TPSA) is 97.2 Å². The largest absolute Gasteiger partial charge is 0.325 e. The molecule has 1 atom stereocenters. The molecule has 0 saturated heterocycles. The third kappa shape index (κ3) is 5.06. The number of anilines is 1. The maximum atomic E-state index is 12.8. The molecule has 11 heteroatoms. The second-order valence-corrected chi connectivity index (χ2v) is 12.3. The maximum absolute atomic E-state index is 12.8. The van der Waals surface area contributed by atoms with E-state index in [1.165, 1.54) is 42.9 Å². The SMILES string of the molecule is C[C@@H](Sc1nnc(Cc2cccs2)n1C1CC1)C(=O)Nc1cccc(S(=O)(=O)N(C)C)c1. The van der Waals surface area contributed by atoms with Crippen LogP contribution in [-0.4, -0.2) is 52.7 Å². The summed E-state index contributed by atoms with van der Waals surface area (Å²) < 4.78 is 28.0. The first kappa shape index (κ1) is 23.0. The van der Waals surface area contributed by atoms with Gasteiger partial charge in [0.1, 0.15) is 5.82 Å². The Labute approximate surface area is 196 Å². The van der Waals surface area contributed by atoms with Crippen molar-refractivity contribution in [3.63, 3.8) is 0 Å². The molecule has 1 amide bonds. The van der Waals surface area contributed by atoms with Gasteiger partial charge in [-0.05, 0) is 49.4 Å². The second-order valence-electron chi connectivity index (χ2n) is 7.82. The normalized spacial score (nSPS) is 15.1. The molecule has 0 unspecified atom stereocenters. The first-order chi connectivity index (χ1) is 15.3. The molecule has 0 spiro atoms. The lowest BCUT2D eigenvalue weighted by molar-refractivity contribution is -0.115. The molecule has 1 N–H and O–H groups in total. The minimum atomic E-state index is -3.58. The lowest BCUT2D eigenvalue weighted by atomic mass is 10.3. The molecule has 4 rings (SSSR count). The molecule has 1 fully saturated rings. The summed E-state index contributed by atoms with van der Waals surface area (Å²) in [7, 11) is -0.627. The summed E-state index contributed by atoms with van der Waals surface area (Å²) in [6.45, 7) is 1.81. The maximum Gasteiger partial charge on any atom is 0.242 e. The van der Waals surface area contributed by atoms with Gasteiger partial charge in [0.05, 0.1) is 10.1 Å². The van der Waals surface area contributed by atoms with Crippen molar-refractivity contribution in [2.75, 3.05) is 19.4 Å². The highest BCUT2D eigenvalue weighted by atomic mass is 32.2. The Hall–Kier alpha value is -2.21. The highest BCUT2D eigenvalue weighted by Crippen LogP contribution is 2.40. The zero-order valence-electron chi connectivity index (χ0n) is 18.1.